The molecular formula is C18H25NO2. The van der Waals surface area contributed by atoms with Gasteiger partial charge in [0, 0.05) is 6.04 Å². The van der Waals surface area contributed by atoms with Gasteiger partial charge in [-0.05, 0) is 56.6 Å². The Morgan fingerprint density at radius 2 is 1.90 bits per heavy atom. The van der Waals surface area contributed by atoms with Crippen LogP contribution in [0, 0.1) is 0 Å². The molecule has 2 rings (SSSR count). The normalized spacial score (nSPS) is 22.3. The first-order valence-corrected chi connectivity index (χ1v) is 7.93. The minimum atomic E-state index is -0.174. The molecule has 0 spiro atoms. The average molecular weight is 287 g/mol. The van der Waals surface area contributed by atoms with Gasteiger partial charge in [-0.1, -0.05) is 36.4 Å². The van der Waals surface area contributed by atoms with Crippen LogP contribution in [0.25, 0.3) is 0 Å². The third kappa shape index (κ3) is 6.13. The highest BCUT2D eigenvalue weighted by molar-refractivity contribution is 5.87. The maximum atomic E-state index is 11.8. The zero-order valence-electron chi connectivity index (χ0n) is 12.5. The quantitative estimate of drug-likeness (QED) is 0.624. The van der Waals surface area contributed by atoms with E-state index in [4.69, 9.17) is 0 Å². The van der Waals surface area contributed by atoms with Gasteiger partial charge in [0.05, 0.1) is 6.10 Å². The minimum Gasteiger partial charge on any atom is -0.393 e. The Hall–Kier alpha value is -1.61. The fourth-order valence-corrected chi connectivity index (χ4v) is 2.73. The second-order valence-electron chi connectivity index (χ2n) is 5.79. The molecule has 3 nitrogen and oxygen atoms in total. The molecule has 21 heavy (non-hydrogen) atoms. The van der Waals surface area contributed by atoms with E-state index in [1.165, 1.54) is 5.56 Å². The van der Waals surface area contributed by atoms with Crippen LogP contribution in [0.2, 0.25) is 0 Å². The lowest BCUT2D eigenvalue weighted by Gasteiger charge is -2.25. The number of carbonyl (C=O) groups is 1. The van der Waals surface area contributed by atoms with E-state index in [0.29, 0.717) is 0 Å². The highest BCUT2D eigenvalue weighted by Gasteiger charge is 2.19. The highest BCUT2D eigenvalue weighted by Crippen LogP contribution is 2.18. The number of nitrogens with one attached hydrogen (secondary N) is 1. The minimum absolute atomic E-state index is 0.00361. The molecule has 3 heteroatoms. The largest absolute Gasteiger partial charge is 0.393 e. The molecule has 2 N–H and O–H groups in total. The maximum Gasteiger partial charge on any atom is 0.243 e. The molecule has 1 aromatic carbocycles. The van der Waals surface area contributed by atoms with Crippen LogP contribution in [-0.2, 0) is 11.2 Å². The summed E-state index contributed by atoms with van der Waals surface area (Å²) in [6.45, 7) is 0. The predicted octanol–water partition coefficient (Wildman–Crippen LogP) is 2.99. The van der Waals surface area contributed by atoms with Crippen LogP contribution in [0.15, 0.2) is 42.5 Å². The lowest BCUT2D eigenvalue weighted by molar-refractivity contribution is -0.117. The average Bonchev–Trinajstić information content (AvgIpc) is 2.50. The zero-order valence-corrected chi connectivity index (χ0v) is 12.5. The van der Waals surface area contributed by atoms with Crippen molar-refractivity contribution >= 4 is 5.91 Å². The van der Waals surface area contributed by atoms with Gasteiger partial charge >= 0.3 is 0 Å². The molecule has 1 aliphatic carbocycles. The van der Waals surface area contributed by atoms with Gasteiger partial charge in [-0.3, -0.25) is 4.79 Å². The SMILES string of the molecule is O=C(C=CCCCc1ccccc1)NC1CCC(O)CC1. The molecule has 1 aromatic rings. The summed E-state index contributed by atoms with van der Waals surface area (Å²) in [6, 6.07) is 10.6. The number of benzene rings is 1. The molecule has 0 bridgehead atoms. The number of aliphatic hydroxyl groups is 1. The number of allylic oxidation sites excluding steroid dienone is 1. The van der Waals surface area contributed by atoms with Crippen LogP contribution in [0.5, 0.6) is 0 Å². The number of rotatable bonds is 6. The van der Waals surface area contributed by atoms with Gasteiger partial charge in [0.1, 0.15) is 0 Å². The van der Waals surface area contributed by atoms with Crippen LogP contribution in [-0.4, -0.2) is 23.2 Å². The van der Waals surface area contributed by atoms with Crippen molar-refractivity contribution in [3.63, 3.8) is 0 Å². The molecule has 0 unspecified atom stereocenters. The molecule has 0 atom stereocenters. The fourth-order valence-electron chi connectivity index (χ4n) is 2.73. The van der Waals surface area contributed by atoms with Crippen molar-refractivity contribution in [3.8, 4) is 0 Å². The summed E-state index contributed by atoms with van der Waals surface area (Å²) in [7, 11) is 0. The third-order valence-corrected chi connectivity index (χ3v) is 3.99. The van der Waals surface area contributed by atoms with Crippen molar-refractivity contribution in [2.45, 2.75) is 57.1 Å². The Morgan fingerprint density at radius 3 is 2.62 bits per heavy atom. The smallest absolute Gasteiger partial charge is 0.243 e. The van der Waals surface area contributed by atoms with Gasteiger partial charge in [0.15, 0.2) is 0 Å². The summed E-state index contributed by atoms with van der Waals surface area (Å²) in [4.78, 5) is 11.8. The molecule has 1 saturated carbocycles. The first-order valence-electron chi connectivity index (χ1n) is 7.93. The van der Waals surface area contributed by atoms with E-state index in [9.17, 15) is 9.90 Å². The number of hydrogen-bond donors (Lipinski definition) is 2. The van der Waals surface area contributed by atoms with Crippen molar-refractivity contribution < 1.29 is 9.90 Å². The monoisotopic (exact) mass is 287 g/mol. The summed E-state index contributed by atoms with van der Waals surface area (Å²) in [5, 5.41) is 12.4. The zero-order chi connectivity index (χ0) is 14.9. The number of amides is 1. The Kier molecular flexibility index (Phi) is 6.48. The van der Waals surface area contributed by atoms with E-state index in [2.05, 4.69) is 29.6 Å². The lowest BCUT2D eigenvalue weighted by atomic mass is 9.93. The maximum absolute atomic E-state index is 11.8. The van der Waals surface area contributed by atoms with Crippen molar-refractivity contribution in [3.05, 3.63) is 48.0 Å². The first-order chi connectivity index (χ1) is 10.2. The van der Waals surface area contributed by atoms with E-state index < -0.39 is 0 Å². The lowest BCUT2D eigenvalue weighted by Crippen LogP contribution is -2.37. The topological polar surface area (TPSA) is 49.3 Å². The van der Waals surface area contributed by atoms with Gasteiger partial charge in [0.2, 0.25) is 5.91 Å². The molecular weight excluding hydrogens is 262 g/mol. The summed E-state index contributed by atoms with van der Waals surface area (Å²) < 4.78 is 0. The van der Waals surface area contributed by atoms with Gasteiger partial charge in [-0.2, -0.15) is 0 Å². The van der Waals surface area contributed by atoms with Gasteiger partial charge in [0.25, 0.3) is 0 Å². The molecule has 0 aliphatic heterocycles. The number of unbranched alkanes of at least 4 members (excludes halogenated alkanes) is 1. The van der Waals surface area contributed by atoms with E-state index in [1.807, 2.05) is 12.1 Å². The molecule has 0 aromatic heterocycles. The molecule has 0 heterocycles. The van der Waals surface area contributed by atoms with E-state index >= 15 is 0 Å². The third-order valence-electron chi connectivity index (χ3n) is 3.99. The number of aliphatic hydroxyl groups excluding tert-OH is 1. The predicted molar refractivity (Wildman–Crippen MR) is 84.9 cm³/mol. The molecule has 1 amide bonds. The molecule has 0 radical (unpaired) electrons. The van der Waals surface area contributed by atoms with Crippen molar-refractivity contribution in [1.82, 2.24) is 5.32 Å². The standard InChI is InChI=1S/C18H25NO2/c20-17-13-11-16(12-14-17)19-18(21)10-6-2-5-9-15-7-3-1-4-8-15/h1,3-4,6-8,10,16-17,20H,2,5,9,11-14H2,(H,19,21). The summed E-state index contributed by atoms with van der Waals surface area (Å²) >= 11 is 0. The number of carbonyl (C=O) groups excluding carboxylic acids is 1. The van der Waals surface area contributed by atoms with E-state index in [0.717, 1.165) is 44.9 Å². The van der Waals surface area contributed by atoms with Crippen LogP contribution in [0.1, 0.15) is 44.1 Å². The summed E-state index contributed by atoms with van der Waals surface area (Å²) in [5.41, 5.74) is 1.34. The fraction of sp³-hybridized carbons (Fsp3) is 0.500. The van der Waals surface area contributed by atoms with Crippen molar-refractivity contribution in [2.24, 2.45) is 0 Å². The van der Waals surface area contributed by atoms with Crippen LogP contribution < -0.4 is 5.32 Å². The summed E-state index contributed by atoms with van der Waals surface area (Å²) in [6.07, 6.45) is 9.82. The number of hydrogen-bond acceptors (Lipinski definition) is 2. The van der Waals surface area contributed by atoms with E-state index in [1.54, 1.807) is 6.08 Å². The van der Waals surface area contributed by atoms with Crippen molar-refractivity contribution in [2.75, 3.05) is 0 Å². The first kappa shape index (κ1) is 15.8. The molecule has 1 fully saturated rings. The molecule has 1 aliphatic rings. The van der Waals surface area contributed by atoms with Gasteiger partial charge in [-0.15, -0.1) is 0 Å². The summed E-state index contributed by atoms with van der Waals surface area (Å²) in [5.74, 6) is -0.00361. The van der Waals surface area contributed by atoms with Crippen LogP contribution >= 0.6 is 0 Å². The highest BCUT2D eigenvalue weighted by atomic mass is 16.3. The van der Waals surface area contributed by atoms with E-state index in [-0.39, 0.29) is 18.1 Å². The van der Waals surface area contributed by atoms with Crippen LogP contribution in [0.3, 0.4) is 0 Å². The Morgan fingerprint density at radius 1 is 1.19 bits per heavy atom. The Balaban J connectivity index is 1.59. The van der Waals surface area contributed by atoms with Crippen molar-refractivity contribution in [1.29, 1.82) is 0 Å². The van der Waals surface area contributed by atoms with Gasteiger partial charge in [-0.25, -0.2) is 0 Å². The second-order valence-corrected chi connectivity index (χ2v) is 5.79. The Bertz CT molecular complexity index is 448. The number of aryl methyl sites for hydroxylation is 1. The molecule has 114 valence electrons. The Labute approximate surface area is 127 Å². The van der Waals surface area contributed by atoms with Crippen LogP contribution in [0.4, 0.5) is 0 Å². The second kappa shape index (κ2) is 8.63. The molecule has 0 saturated heterocycles. The van der Waals surface area contributed by atoms with Gasteiger partial charge < -0.3 is 10.4 Å².